The van der Waals surface area contributed by atoms with E-state index < -0.39 is 0 Å². The molecule has 0 atom stereocenters. The maximum Gasteiger partial charge on any atom is 0.0918 e. The molecule has 1 aliphatic heterocycles. The van der Waals surface area contributed by atoms with Crippen LogP contribution in [0.5, 0.6) is 0 Å². The molecule has 0 aromatic rings. The number of nitrogens with two attached hydrogens (primary N) is 1. The molecule has 1 saturated heterocycles. The zero-order chi connectivity index (χ0) is 10.4. The summed E-state index contributed by atoms with van der Waals surface area (Å²) >= 11 is 0. The van der Waals surface area contributed by atoms with Crippen molar-refractivity contribution >= 4 is 5.84 Å². The van der Waals surface area contributed by atoms with Gasteiger partial charge in [-0.2, -0.15) is 0 Å². The molecule has 1 heterocycles. The number of hydrogen-bond acceptors (Lipinski definition) is 3. The van der Waals surface area contributed by atoms with Crippen LogP contribution in [0, 0.1) is 5.41 Å². The Kier molecular flexibility index (Phi) is 4.90. The Morgan fingerprint density at radius 2 is 2.14 bits per heavy atom. The Bertz CT molecular complexity index is 176. The predicted molar refractivity (Wildman–Crippen MR) is 57.6 cm³/mol. The lowest BCUT2D eigenvalue weighted by molar-refractivity contribution is 0.0149. The van der Waals surface area contributed by atoms with E-state index in [2.05, 4.69) is 4.90 Å². The van der Waals surface area contributed by atoms with E-state index in [0.29, 0.717) is 12.5 Å². The molecule has 1 aliphatic rings. The van der Waals surface area contributed by atoms with Crippen LogP contribution >= 0.6 is 0 Å². The molecule has 4 heteroatoms. The number of hydrogen-bond donors (Lipinski definition) is 2. The fourth-order valence-electron chi connectivity index (χ4n) is 1.81. The second-order valence-electron chi connectivity index (χ2n) is 3.77. The first kappa shape index (κ1) is 11.5. The molecule has 0 saturated carbocycles. The Morgan fingerprint density at radius 1 is 1.50 bits per heavy atom. The van der Waals surface area contributed by atoms with Crippen LogP contribution < -0.4 is 5.73 Å². The van der Waals surface area contributed by atoms with Gasteiger partial charge >= 0.3 is 0 Å². The standard InChI is InChI=1S/C10H21N3O/c1-2-14-9-3-6-13(7-4-9)8-5-10(11)12/h9H,2-8H2,1H3,(H3,11,12). The van der Waals surface area contributed by atoms with Gasteiger partial charge in [-0.25, -0.2) is 0 Å². The third-order valence-electron chi connectivity index (χ3n) is 2.63. The molecule has 1 fully saturated rings. The Balaban J connectivity index is 2.12. The number of rotatable bonds is 5. The van der Waals surface area contributed by atoms with Crippen molar-refractivity contribution in [2.24, 2.45) is 5.73 Å². The fraction of sp³-hybridized carbons (Fsp3) is 0.900. The zero-order valence-corrected chi connectivity index (χ0v) is 8.96. The van der Waals surface area contributed by atoms with Crippen molar-refractivity contribution in [2.45, 2.75) is 32.3 Å². The van der Waals surface area contributed by atoms with Crippen LogP contribution in [0.15, 0.2) is 0 Å². The van der Waals surface area contributed by atoms with Crippen LogP contribution in [0.4, 0.5) is 0 Å². The second kappa shape index (κ2) is 5.98. The van der Waals surface area contributed by atoms with Crippen LogP contribution in [-0.2, 0) is 4.74 Å². The number of nitrogens with zero attached hydrogens (tertiary/aromatic N) is 1. The smallest absolute Gasteiger partial charge is 0.0918 e. The third-order valence-corrected chi connectivity index (χ3v) is 2.63. The van der Waals surface area contributed by atoms with E-state index in [1.807, 2.05) is 6.92 Å². The van der Waals surface area contributed by atoms with Gasteiger partial charge in [-0.05, 0) is 19.8 Å². The van der Waals surface area contributed by atoms with Crippen molar-refractivity contribution in [2.75, 3.05) is 26.2 Å². The van der Waals surface area contributed by atoms with E-state index in [0.717, 1.165) is 39.1 Å². The average Bonchev–Trinajstić information content (AvgIpc) is 2.17. The van der Waals surface area contributed by atoms with Gasteiger partial charge in [-0.1, -0.05) is 0 Å². The summed E-state index contributed by atoms with van der Waals surface area (Å²) in [4.78, 5) is 2.36. The van der Waals surface area contributed by atoms with E-state index in [-0.39, 0.29) is 5.84 Å². The van der Waals surface area contributed by atoms with Crippen molar-refractivity contribution < 1.29 is 4.74 Å². The van der Waals surface area contributed by atoms with Crippen LogP contribution in [0.1, 0.15) is 26.2 Å². The first-order valence-corrected chi connectivity index (χ1v) is 5.39. The van der Waals surface area contributed by atoms with Gasteiger partial charge in [0, 0.05) is 32.7 Å². The molecule has 0 spiro atoms. The van der Waals surface area contributed by atoms with Gasteiger partial charge in [0.2, 0.25) is 0 Å². The Labute approximate surface area is 85.9 Å². The fourth-order valence-corrected chi connectivity index (χ4v) is 1.81. The van der Waals surface area contributed by atoms with Gasteiger partial charge in [0.15, 0.2) is 0 Å². The largest absolute Gasteiger partial charge is 0.388 e. The highest BCUT2D eigenvalue weighted by atomic mass is 16.5. The van der Waals surface area contributed by atoms with E-state index in [1.165, 1.54) is 0 Å². The topological polar surface area (TPSA) is 62.3 Å². The van der Waals surface area contributed by atoms with Gasteiger partial charge in [0.05, 0.1) is 11.9 Å². The predicted octanol–water partition coefficient (Wildman–Crippen LogP) is 0.813. The molecule has 1 rings (SSSR count). The van der Waals surface area contributed by atoms with E-state index in [4.69, 9.17) is 15.9 Å². The molecule has 0 aliphatic carbocycles. The normalized spacial score (nSPS) is 19.8. The summed E-state index contributed by atoms with van der Waals surface area (Å²) in [6.45, 7) is 5.95. The highest BCUT2D eigenvalue weighted by Crippen LogP contribution is 2.13. The quantitative estimate of drug-likeness (QED) is 0.509. The summed E-state index contributed by atoms with van der Waals surface area (Å²) in [6.07, 6.45) is 3.38. The number of piperidine rings is 1. The molecule has 0 aromatic heterocycles. The minimum absolute atomic E-state index is 0.289. The Morgan fingerprint density at radius 3 is 2.64 bits per heavy atom. The van der Waals surface area contributed by atoms with E-state index >= 15 is 0 Å². The molecular weight excluding hydrogens is 178 g/mol. The van der Waals surface area contributed by atoms with Crippen molar-refractivity contribution in [3.63, 3.8) is 0 Å². The summed E-state index contributed by atoms with van der Waals surface area (Å²) in [5, 5.41) is 7.14. The number of ether oxygens (including phenoxy) is 1. The second-order valence-corrected chi connectivity index (χ2v) is 3.77. The van der Waals surface area contributed by atoms with Crippen LogP contribution in [-0.4, -0.2) is 43.1 Å². The Hall–Kier alpha value is -0.610. The first-order valence-electron chi connectivity index (χ1n) is 5.39. The lowest BCUT2D eigenvalue weighted by Gasteiger charge is -2.31. The van der Waals surface area contributed by atoms with Crippen molar-refractivity contribution in [3.05, 3.63) is 0 Å². The first-order chi connectivity index (χ1) is 6.72. The molecule has 3 N–H and O–H groups in total. The molecular formula is C10H21N3O. The van der Waals surface area contributed by atoms with Crippen molar-refractivity contribution in [1.82, 2.24) is 4.90 Å². The molecule has 14 heavy (non-hydrogen) atoms. The van der Waals surface area contributed by atoms with Gasteiger partial charge in [-0.3, -0.25) is 5.41 Å². The average molecular weight is 199 g/mol. The van der Waals surface area contributed by atoms with E-state index in [9.17, 15) is 0 Å². The van der Waals surface area contributed by atoms with E-state index in [1.54, 1.807) is 0 Å². The molecule has 0 unspecified atom stereocenters. The van der Waals surface area contributed by atoms with Gasteiger partial charge in [-0.15, -0.1) is 0 Å². The van der Waals surface area contributed by atoms with Gasteiger partial charge in [0.1, 0.15) is 0 Å². The minimum atomic E-state index is 0.289. The van der Waals surface area contributed by atoms with Crippen LogP contribution in [0.3, 0.4) is 0 Å². The summed E-state index contributed by atoms with van der Waals surface area (Å²) in [7, 11) is 0. The number of nitrogens with one attached hydrogen (secondary N) is 1. The zero-order valence-electron chi connectivity index (χ0n) is 8.96. The SMILES string of the molecule is CCOC1CCN(CCC(=N)N)CC1. The summed E-state index contributed by atoms with van der Waals surface area (Å²) in [5.41, 5.74) is 5.32. The third kappa shape index (κ3) is 4.07. The molecule has 0 radical (unpaired) electrons. The molecule has 82 valence electrons. The summed E-state index contributed by atoms with van der Waals surface area (Å²) in [6, 6.07) is 0. The molecule has 0 amide bonds. The van der Waals surface area contributed by atoms with Crippen molar-refractivity contribution in [3.8, 4) is 0 Å². The van der Waals surface area contributed by atoms with Gasteiger partial charge < -0.3 is 15.4 Å². The number of amidine groups is 1. The highest BCUT2D eigenvalue weighted by molar-refractivity contribution is 5.76. The molecule has 0 bridgehead atoms. The highest BCUT2D eigenvalue weighted by Gasteiger charge is 2.18. The minimum Gasteiger partial charge on any atom is -0.388 e. The molecule has 0 aromatic carbocycles. The van der Waals surface area contributed by atoms with Crippen molar-refractivity contribution in [1.29, 1.82) is 5.41 Å². The summed E-state index contributed by atoms with van der Waals surface area (Å²) < 4.78 is 5.56. The molecule has 4 nitrogen and oxygen atoms in total. The number of likely N-dealkylation sites (tertiary alicyclic amines) is 1. The lowest BCUT2D eigenvalue weighted by atomic mass is 10.1. The maximum absolute atomic E-state index is 7.14. The summed E-state index contributed by atoms with van der Waals surface area (Å²) in [5.74, 6) is 0.289. The monoisotopic (exact) mass is 199 g/mol. The van der Waals surface area contributed by atoms with Crippen LogP contribution in [0.2, 0.25) is 0 Å². The van der Waals surface area contributed by atoms with Crippen LogP contribution in [0.25, 0.3) is 0 Å². The lowest BCUT2D eigenvalue weighted by Crippen LogP contribution is -2.38. The maximum atomic E-state index is 7.14. The van der Waals surface area contributed by atoms with Gasteiger partial charge in [0.25, 0.3) is 0 Å².